The van der Waals surface area contributed by atoms with E-state index < -0.39 is 0 Å². The summed E-state index contributed by atoms with van der Waals surface area (Å²) in [4.78, 5) is 29.7. The molecular weight excluding hydrogens is 432 g/mol. The van der Waals surface area contributed by atoms with Crippen molar-refractivity contribution >= 4 is 22.9 Å². The van der Waals surface area contributed by atoms with E-state index in [2.05, 4.69) is 25.2 Å². The third kappa shape index (κ3) is 6.18. The Kier molecular flexibility index (Phi) is 7.87. The average Bonchev–Trinajstić information content (AvgIpc) is 2.86. The summed E-state index contributed by atoms with van der Waals surface area (Å²) in [5.74, 6) is 1.10. The van der Waals surface area contributed by atoms with E-state index in [-0.39, 0.29) is 12.1 Å². The van der Waals surface area contributed by atoms with Crippen molar-refractivity contribution in [2.45, 2.75) is 26.3 Å². The van der Waals surface area contributed by atoms with Gasteiger partial charge in [0.25, 0.3) is 0 Å². The van der Waals surface area contributed by atoms with Crippen molar-refractivity contribution in [3.63, 3.8) is 0 Å². The predicted molar refractivity (Wildman–Crippen MR) is 132 cm³/mol. The fourth-order valence-electron chi connectivity index (χ4n) is 3.72. The summed E-state index contributed by atoms with van der Waals surface area (Å²) in [7, 11) is 1.68. The van der Waals surface area contributed by atoms with Gasteiger partial charge in [0, 0.05) is 50.6 Å². The van der Waals surface area contributed by atoms with Gasteiger partial charge in [-0.1, -0.05) is 6.07 Å². The minimum atomic E-state index is -0.218. The number of fused-ring (bicyclic) bond motifs is 1. The number of rotatable bonds is 8. The number of aromatic nitrogens is 3. The number of nitrogens with zero attached hydrogens (tertiary/aromatic N) is 5. The molecule has 2 aromatic heterocycles. The van der Waals surface area contributed by atoms with Gasteiger partial charge in [-0.05, 0) is 44.0 Å². The van der Waals surface area contributed by atoms with Crippen LogP contribution in [-0.2, 0) is 4.74 Å². The highest BCUT2D eigenvalue weighted by atomic mass is 16.5. The molecule has 34 heavy (non-hydrogen) atoms. The standard InChI is InChI=1S/C25H32N6O3/c1-18(2)28-25(32)30(3)23-17-26-21-7-5-19(15-22(21)29-23)20-6-8-24(27-16-20)34-12-4-9-31-10-13-33-14-11-31/h5-8,15-18H,4,9-14H2,1-3H3,(H,28,32). The van der Waals surface area contributed by atoms with Crippen molar-refractivity contribution < 1.29 is 14.3 Å². The first-order valence-electron chi connectivity index (χ1n) is 11.7. The molecule has 180 valence electrons. The molecule has 0 bridgehead atoms. The number of carbonyl (C=O) groups excluding carboxylic acids is 1. The van der Waals surface area contributed by atoms with Crippen molar-refractivity contribution in [2.75, 3.05) is 51.4 Å². The molecule has 0 radical (unpaired) electrons. The zero-order valence-corrected chi connectivity index (χ0v) is 20.0. The van der Waals surface area contributed by atoms with Crippen LogP contribution in [0.5, 0.6) is 5.88 Å². The molecule has 0 atom stereocenters. The van der Waals surface area contributed by atoms with Gasteiger partial charge in [-0.25, -0.2) is 14.8 Å². The summed E-state index contributed by atoms with van der Waals surface area (Å²) < 4.78 is 11.2. The maximum absolute atomic E-state index is 12.3. The Hall–Kier alpha value is -3.30. The number of morpholine rings is 1. The largest absolute Gasteiger partial charge is 0.478 e. The number of anilines is 1. The Balaban J connectivity index is 1.38. The smallest absolute Gasteiger partial charge is 0.323 e. The quantitative estimate of drug-likeness (QED) is 0.511. The van der Waals surface area contributed by atoms with Gasteiger partial charge in [-0.15, -0.1) is 0 Å². The monoisotopic (exact) mass is 464 g/mol. The van der Waals surface area contributed by atoms with E-state index in [1.165, 1.54) is 4.90 Å². The van der Waals surface area contributed by atoms with E-state index in [9.17, 15) is 4.79 Å². The molecule has 1 saturated heterocycles. The van der Waals surface area contributed by atoms with Gasteiger partial charge in [0.2, 0.25) is 5.88 Å². The Bertz CT molecular complexity index is 1100. The van der Waals surface area contributed by atoms with Crippen molar-refractivity contribution in [1.29, 1.82) is 0 Å². The van der Waals surface area contributed by atoms with Crippen LogP contribution in [0.2, 0.25) is 0 Å². The molecule has 2 amide bonds. The Morgan fingerprint density at radius 2 is 1.91 bits per heavy atom. The lowest BCUT2D eigenvalue weighted by Crippen LogP contribution is -2.41. The Morgan fingerprint density at radius 1 is 1.12 bits per heavy atom. The Morgan fingerprint density at radius 3 is 2.65 bits per heavy atom. The van der Waals surface area contributed by atoms with Crippen LogP contribution in [0.3, 0.4) is 0 Å². The molecule has 0 spiro atoms. The number of pyridine rings is 1. The second-order valence-corrected chi connectivity index (χ2v) is 8.64. The summed E-state index contributed by atoms with van der Waals surface area (Å²) in [6.45, 7) is 9.09. The minimum Gasteiger partial charge on any atom is -0.478 e. The summed E-state index contributed by atoms with van der Waals surface area (Å²) >= 11 is 0. The molecule has 9 heteroatoms. The first kappa shape index (κ1) is 23.8. The molecule has 1 N–H and O–H groups in total. The molecule has 1 aliphatic heterocycles. The van der Waals surface area contributed by atoms with E-state index in [0.717, 1.165) is 55.9 Å². The van der Waals surface area contributed by atoms with E-state index in [1.54, 1.807) is 19.4 Å². The van der Waals surface area contributed by atoms with Crippen molar-refractivity contribution in [3.05, 3.63) is 42.7 Å². The predicted octanol–water partition coefficient (Wildman–Crippen LogP) is 3.35. The normalized spacial score (nSPS) is 14.4. The molecule has 0 saturated carbocycles. The van der Waals surface area contributed by atoms with Crippen molar-refractivity contribution in [3.8, 4) is 17.0 Å². The second kappa shape index (κ2) is 11.2. The van der Waals surface area contributed by atoms with E-state index >= 15 is 0 Å². The highest BCUT2D eigenvalue weighted by molar-refractivity contribution is 5.91. The summed E-state index contributed by atoms with van der Waals surface area (Å²) in [6.07, 6.45) is 4.37. The highest BCUT2D eigenvalue weighted by Gasteiger charge is 2.14. The van der Waals surface area contributed by atoms with E-state index in [0.29, 0.717) is 23.8 Å². The molecule has 1 aliphatic rings. The van der Waals surface area contributed by atoms with Crippen LogP contribution in [0.4, 0.5) is 10.6 Å². The molecule has 9 nitrogen and oxygen atoms in total. The average molecular weight is 465 g/mol. The molecule has 0 unspecified atom stereocenters. The van der Waals surface area contributed by atoms with Crippen LogP contribution in [0, 0.1) is 0 Å². The number of hydrogen-bond donors (Lipinski definition) is 1. The number of hydrogen-bond acceptors (Lipinski definition) is 7. The minimum absolute atomic E-state index is 0.0409. The molecule has 1 aromatic carbocycles. The summed E-state index contributed by atoms with van der Waals surface area (Å²) in [5, 5.41) is 2.86. The van der Waals surface area contributed by atoms with Gasteiger partial charge in [-0.2, -0.15) is 0 Å². The topological polar surface area (TPSA) is 92.7 Å². The number of carbonyl (C=O) groups is 1. The van der Waals surface area contributed by atoms with Crippen molar-refractivity contribution in [1.82, 2.24) is 25.2 Å². The molecule has 1 fully saturated rings. The van der Waals surface area contributed by atoms with Crippen LogP contribution >= 0.6 is 0 Å². The van der Waals surface area contributed by atoms with Gasteiger partial charge in [0.1, 0.15) is 0 Å². The van der Waals surface area contributed by atoms with Gasteiger partial charge < -0.3 is 14.8 Å². The second-order valence-electron chi connectivity index (χ2n) is 8.64. The summed E-state index contributed by atoms with van der Waals surface area (Å²) in [5.41, 5.74) is 3.40. The van der Waals surface area contributed by atoms with Gasteiger partial charge in [0.05, 0.1) is 37.1 Å². The SMILES string of the molecule is CC(C)NC(=O)N(C)c1cnc2ccc(-c3ccc(OCCCN4CCOCC4)nc3)cc2n1. The third-order valence-electron chi connectivity index (χ3n) is 5.63. The van der Waals surface area contributed by atoms with Crippen LogP contribution in [-0.4, -0.2) is 78.4 Å². The third-order valence-corrected chi connectivity index (χ3v) is 5.63. The number of benzene rings is 1. The number of ether oxygens (including phenoxy) is 2. The van der Waals surface area contributed by atoms with Gasteiger partial charge >= 0.3 is 6.03 Å². The summed E-state index contributed by atoms with van der Waals surface area (Å²) in [6, 6.07) is 9.58. The first-order valence-corrected chi connectivity index (χ1v) is 11.7. The first-order chi connectivity index (χ1) is 16.5. The van der Waals surface area contributed by atoms with Gasteiger partial charge in [-0.3, -0.25) is 14.8 Å². The maximum atomic E-state index is 12.3. The molecule has 3 aromatic rings. The lowest BCUT2D eigenvalue weighted by atomic mass is 10.1. The van der Waals surface area contributed by atoms with E-state index in [1.807, 2.05) is 44.2 Å². The fraction of sp³-hybridized carbons (Fsp3) is 0.440. The van der Waals surface area contributed by atoms with E-state index in [4.69, 9.17) is 9.47 Å². The molecule has 3 heterocycles. The molecule has 4 rings (SSSR count). The van der Waals surface area contributed by atoms with Crippen LogP contribution in [0.1, 0.15) is 20.3 Å². The lowest BCUT2D eigenvalue weighted by molar-refractivity contribution is 0.0357. The van der Waals surface area contributed by atoms with Crippen LogP contribution in [0.15, 0.2) is 42.7 Å². The van der Waals surface area contributed by atoms with Gasteiger partial charge in [0.15, 0.2) is 5.82 Å². The number of amides is 2. The highest BCUT2D eigenvalue weighted by Crippen LogP contribution is 2.24. The zero-order chi connectivity index (χ0) is 23.9. The molecular formula is C25H32N6O3. The number of urea groups is 1. The Labute approximate surface area is 200 Å². The lowest BCUT2D eigenvalue weighted by Gasteiger charge is -2.26. The maximum Gasteiger partial charge on any atom is 0.323 e. The van der Waals surface area contributed by atoms with Crippen LogP contribution < -0.4 is 15.0 Å². The number of nitrogens with one attached hydrogen (secondary N) is 1. The van der Waals surface area contributed by atoms with Crippen LogP contribution in [0.25, 0.3) is 22.2 Å². The fourth-order valence-corrected chi connectivity index (χ4v) is 3.72. The van der Waals surface area contributed by atoms with Crippen molar-refractivity contribution in [2.24, 2.45) is 0 Å². The zero-order valence-electron chi connectivity index (χ0n) is 20.0. The molecule has 0 aliphatic carbocycles.